The van der Waals surface area contributed by atoms with Gasteiger partial charge in [-0.2, -0.15) is 0 Å². The van der Waals surface area contributed by atoms with Gasteiger partial charge >= 0.3 is 0 Å². The van der Waals surface area contributed by atoms with Crippen molar-refractivity contribution in [1.29, 1.82) is 0 Å². The van der Waals surface area contributed by atoms with Crippen LogP contribution < -0.4 is 0 Å². The Hall–Kier alpha value is -1.09. The van der Waals surface area contributed by atoms with E-state index in [2.05, 4.69) is 11.1 Å². The Bertz CT molecular complexity index is 266. The van der Waals surface area contributed by atoms with Gasteiger partial charge in [0, 0.05) is 6.21 Å². The Labute approximate surface area is 71.4 Å². The molecule has 2 rings (SSSR count). The van der Waals surface area contributed by atoms with E-state index in [9.17, 15) is 0 Å². The Morgan fingerprint density at radius 2 is 2.50 bits per heavy atom. The molecule has 0 aromatic rings. The fourth-order valence-corrected chi connectivity index (χ4v) is 1.22. The molecule has 3 heteroatoms. The van der Waals surface area contributed by atoms with Gasteiger partial charge in [0.05, 0.1) is 12.8 Å². The van der Waals surface area contributed by atoms with Gasteiger partial charge in [0.2, 0.25) is 0 Å². The monoisotopic (exact) mass is 165 g/mol. The molecule has 1 atom stereocenters. The van der Waals surface area contributed by atoms with E-state index in [-0.39, 0.29) is 6.10 Å². The number of aliphatic imine (C=N–C) groups is 1. The van der Waals surface area contributed by atoms with Crippen LogP contribution in [0.1, 0.15) is 6.92 Å². The molecule has 0 amide bonds. The molecule has 0 N–H and O–H groups in total. The van der Waals surface area contributed by atoms with E-state index < -0.39 is 0 Å². The van der Waals surface area contributed by atoms with E-state index in [1.165, 1.54) is 5.57 Å². The van der Waals surface area contributed by atoms with Crippen molar-refractivity contribution in [2.75, 3.05) is 13.2 Å². The summed E-state index contributed by atoms with van der Waals surface area (Å²) < 4.78 is 10.9. The maximum absolute atomic E-state index is 5.46. The molecule has 2 heterocycles. The number of nitrogens with zero attached hydrogens (tertiary/aromatic N) is 1. The number of hydrogen-bond acceptors (Lipinski definition) is 3. The van der Waals surface area contributed by atoms with Crippen molar-refractivity contribution in [3.8, 4) is 0 Å². The first-order chi connectivity index (χ1) is 5.86. The third-order valence-corrected chi connectivity index (χ3v) is 1.84. The average Bonchev–Trinajstić information content (AvgIpc) is 2.28. The highest BCUT2D eigenvalue weighted by atomic mass is 16.5. The van der Waals surface area contributed by atoms with Crippen LogP contribution in [0.3, 0.4) is 0 Å². The molecule has 0 aromatic heterocycles. The fourth-order valence-electron chi connectivity index (χ4n) is 1.22. The zero-order valence-electron chi connectivity index (χ0n) is 6.99. The van der Waals surface area contributed by atoms with Crippen LogP contribution in [-0.4, -0.2) is 25.5 Å². The van der Waals surface area contributed by atoms with Gasteiger partial charge in [-0.1, -0.05) is 0 Å². The van der Waals surface area contributed by atoms with Crippen LogP contribution in [0.2, 0.25) is 0 Å². The lowest BCUT2D eigenvalue weighted by molar-refractivity contribution is 0.0742. The summed E-state index contributed by atoms with van der Waals surface area (Å²) in [5, 5.41) is 0. The van der Waals surface area contributed by atoms with Crippen LogP contribution in [0, 0.1) is 0 Å². The van der Waals surface area contributed by atoms with Gasteiger partial charge in [0.15, 0.2) is 0 Å². The molecule has 0 radical (unpaired) electrons. The van der Waals surface area contributed by atoms with E-state index in [0.29, 0.717) is 13.2 Å². The number of rotatable bonds is 0. The molecule has 0 aliphatic carbocycles. The summed E-state index contributed by atoms with van der Waals surface area (Å²) in [6.45, 7) is 3.24. The molecular formula is C9H11NO2. The normalized spacial score (nSPS) is 27.9. The zero-order chi connectivity index (χ0) is 8.39. The van der Waals surface area contributed by atoms with Crippen molar-refractivity contribution in [3.63, 3.8) is 0 Å². The van der Waals surface area contributed by atoms with Crippen molar-refractivity contribution in [2.45, 2.75) is 13.0 Å². The van der Waals surface area contributed by atoms with E-state index in [0.717, 1.165) is 5.76 Å². The first kappa shape index (κ1) is 7.55. The first-order valence-electron chi connectivity index (χ1n) is 3.99. The third kappa shape index (κ3) is 1.41. The van der Waals surface area contributed by atoms with Crippen LogP contribution in [0.5, 0.6) is 0 Å². The van der Waals surface area contributed by atoms with Crippen LogP contribution in [0.25, 0.3) is 0 Å². The Kier molecular flexibility index (Phi) is 1.96. The Morgan fingerprint density at radius 3 is 3.42 bits per heavy atom. The molecule has 0 fully saturated rings. The summed E-state index contributed by atoms with van der Waals surface area (Å²) in [6, 6.07) is 0. The summed E-state index contributed by atoms with van der Waals surface area (Å²) in [5.74, 6) is 0.814. The minimum absolute atomic E-state index is 0.0266. The highest BCUT2D eigenvalue weighted by Gasteiger charge is 2.19. The van der Waals surface area contributed by atoms with Gasteiger partial charge in [-0.25, -0.2) is 0 Å². The van der Waals surface area contributed by atoms with Crippen molar-refractivity contribution in [1.82, 2.24) is 0 Å². The summed E-state index contributed by atoms with van der Waals surface area (Å²) in [7, 11) is 0. The van der Waals surface area contributed by atoms with Gasteiger partial charge in [0.1, 0.15) is 18.5 Å². The molecule has 0 saturated heterocycles. The van der Waals surface area contributed by atoms with Crippen molar-refractivity contribution >= 4 is 6.21 Å². The van der Waals surface area contributed by atoms with Crippen molar-refractivity contribution in [2.24, 2.45) is 4.99 Å². The molecule has 3 nitrogen and oxygen atoms in total. The third-order valence-electron chi connectivity index (χ3n) is 1.84. The van der Waals surface area contributed by atoms with Crippen LogP contribution in [0.4, 0.5) is 0 Å². The maximum Gasteiger partial charge on any atom is 0.147 e. The van der Waals surface area contributed by atoms with Gasteiger partial charge < -0.3 is 9.47 Å². The summed E-state index contributed by atoms with van der Waals surface area (Å²) in [6.07, 6.45) is 5.50. The predicted molar refractivity (Wildman–Crippen MR) is 46.0 cm³/mol. The van der Waals surface area contributed by atoms with E-state index in [4.69, 9.17) is 9.47 Å². The van der Waals surface area contributed by atoms with Crippen LogP contribution in [-0.2, 0) is 9.47 Å². The molecular weight excluding hydrogens is 154 g/mol. The summed E-state index contributed by atoms with van der Waals surface area (Å²) in [4.78, 5) is 4.01. The topological polar surface area (TPSA) is 30.8 Å². The minimum atomic E-state index is -0.0266. The standard InChI is InChI=1S/C9H11NO2/c1-7-4-8-9(12-6-7)5-10-2-3-11-8/h2,4-5,8H,3,6H2,1H3. The minimum Gasteiger partial charge on any atom is -0.489 e. The predicted octanol–water partition coefficient (Wildman–Crippen LogP) is 1.27. The molecule has 12 heavy (non-hydrogen) atoms. The smallest absolute Gasteiger partial charge is 0.147 e. The van der Waals surface area contributed by atoms with Crippen molar-refractivity contribution in [3.05, 3.63) is 23.6 Å². The van der Waals surface area contributed by atoms with Crippen molar-refractivity contribution < 1.29 is 9.47 Å². The molecule has 2 aliphatic heterocycles. The maximum atomic E-state index is 5.46. The van der Waals surface area contributed by atoms with Gasteiger partial charge in [0.25, 0.3) is 0 Å². The lowest BCUT2D eigenvalue weighted by Gasteiger charge is -2.22. The molecule has 0 bridgehead atoms. The quantitative estimate of drug-likeness (QED) is 0.506. The molecule has 0 saturated carbocycles. The molecule has 1 unspecified atom stereocenters. The van der Waals surface area contributed by atoms with E-state index in [1.54, 1.807) is 12.4 Å². The van der Waals surface area contributed by atoms with E-state index >= 15 is 0 Å². The van der Waals surface area contributed by atoms with E-state index in [1.807, 2.05) is 6.92 Å². The second kappa shape index (κ2) is 3.11. The number of fused-ring (bicyclic) bond motifs is 1. The largest absolute Gasteiger partial charge is 0.489 e. The SMILES string of the molecule is CC1=CC2OCC=NC=C2OC1. The molecule has 0 aromatic carbocycles. The lowest BCUT2D eigenvalue weighted by atomic mass is 10.1. The highest BCUT2D eigenvalue weighted by molar-refractivity contribution is 5.60. The van der Waals surface area contributed by atoms with Gasteiger partial charge in [-0.05, 0) is 18.6 Å². The zero-order valence-corrected chi connectivity index (χ0v) is 6.99. The Morgan fingerprint density at radius 1 is 1.58 bits per heavy atom. The lowest BCUT2D eigenvalue weighted by Crippen LogP contribution is -2.21. The second-order valence-electron chi connectivity index (χ2n) is 2.92. The summed E-state index contributed by atoms with van der Waals surface area (Å²) in [5.41, 5.74) is 1.21. The van der Waals surface area contributed by atoms with Crippen LogP contribution >= 0.6 is 0 Å². The first-order valence-corrected chi connectivity index (χ1v) is 3.99. The average molecular weight is 165 g/mol. The molecule has 64 valence electrons. The number of ether oxygens (including phenoxy) is 2. The van der Waals surface area contributed by atoms with Gasteiger partial charge in [-0.15, -0.1) is 0 Å². The molecule has 2 aliphatic rings. The fraction of sp³-hybridized carbons (Fsp3) is 0.444. The molecule has 0 spiro atoms. The van der Waals surface area contributed by atoms with Crippen LogP contribution in [0.15, 0.2) is 28.6 Å². The highest BCUT2D eigenvalue weighted by Crippen LogP contribution is 2.19. The van der Waals surface area contributed by atoms with Gasteiger partial charge in [-0.3, -0.25) is 4.99 Å². The summed E-state index contributed by atoms with van der Waals surface area (Å²) >= 11 is 0. The second-order valence-corrected chi connectivity index (χ2v) is 2.92. The Balaban J connectivity index is 2.23. The number of hydrogen-bond donors (Lipinski definition) is 0.